The Hall–Kier alpha value is -2.07. The van der Waals surface area contributed by atoms with Gasteiger partial charge >= 0.3 is 0 Å². The average Bonchev–Trinajstić information content (AvgIpc) is 2.99. The summed E-state index contributed by atoms with van der Waals surface area (Å²) in [6.45, 7) is 1.94. The van der Waals surface area contributed by atoms with Crippen LogP contribution < -0.4 is 0 Å². The highest BCUT2D eigenvalue weighted by molar-refractivity contribution is 6.30. The number of furan rings is 1. The molecule has 3 aromatic rings. The van der Waals surface area contributed by atoms with Gasteiger partial charge in [-0.05, 0) is 42.8 Å². The smallest absolute Gasteiger partial charge is 0.258 e. The Bertz CT molecular complexity index is 674. The summed E-state index contributed by atoms with van der Waals surface area (Å²) in [6, 6.07) is 9.06. The first-order valence-electron chi connectivity index (χ1n) is 5.38. The molecule has 90 valence electrons. The highest BCUT2D eigenvalue weighted by atomic mass is 35.5. The van der Waals surface area contributed by atoms with Crippen LogP contribution in [0.4, 0.5) is 0 Å². The fraction of sp³-hybridized carbons (Fsp3) is 0.0769. The number of aryl methyl sites for hydroxylation is 1. The largest absolute Gasteiger partial charge is 0.461 e. The number of benzene rings is 1. The van der Waals surface area contributed by atoms with Crippen molar-refractivity contribution in [3.05, 3.63) is 47.2 Å². The van der Waals surface area contributed by atoms with Crippen molar-refractivity contribution in [2.24, 2.45) is 0 Å². The maximum absolute atomic E-state index is 5.91. The van der Waals surface area contributed by atoms with Crippen molar-refractivity contribution in [3.8, 4) is 23.0 Å². The van der Waals surface area contributed by atoms with Crippen LogP contribution >= 0.6 is 11.6 Å². The number of aromatic nitrogens is 2. The normalized spacial score (nSPS) is 10.8. The minimum atomic E-state index is 0.435. The second kappa shape index (κ2) is 4.31. The van der Waals surface area contributed by atoms with E-state index < -0.39 is 0 Å². The molecule has 0 fully saturated rings. The van der Waals surface area contributed by atoms with Gasteiger partial charge in [-0.25, -0.2) is 0 Å². The van der Waals surface area contributed by atoms with E-state index in [1.807, 2.05) is 19.1 Å². The molecule has 3 rings (SSSR count). The molecule has 18 heavy (non-hydrogen) atoms. The topological polar surface area (TPSA) is 52.1 Å². The summed E-state index contributed by atoms with van der Waals surface area (Å²) in [5.41, 5.74) is 1.85. The van der Waals surface area contributed by atoms with Crippen molar-refractivity contribution in [2.75, 3.05) is 0 Å². The summed E-state index contributed by atoms with van der Waals surface area (Å²) in [7, 11) is 0. The van der Waals surface area contributed by atoms with Gasteiger partial charge in [-0.2, -0.15) is 4.98 Å². The Morgan fingerprint density at radius 3 is 2.83 bits per heavy atom. The van der Waals surface area contributed by atoms with Crippen LogP contribution in [0.5, 0.6) is 0 Å². The summed E-state index contributed by atoms with van der Waals surface area (Å²) in [5.74, 6) is 1.47. The number of halogens is 1. The lowest BCUT2D eigenvalue weighted by molar-refractivity contribution is 0.429. The molecule has 0 radical (unpaired) electrons. The third kappa shape index (κ3) is 1.91. The zero-order valence-corrected chi connectivity index (χ0v) is 10.3. The summed E-state index contributed by atoms with van der Waals surface area (Å²) < 4.78 is 10.4. The summed E-state index contributed by atoms with van der Waals surface area (Å²) in [6.07, 6.45) is 1.57. The summed E-state index contributed by atoms with van der Waals surface area (Å²) in [4.78, 5) is 4.30. The highest BCUT2D eigenvalue weighted by Gasteiger charge is 2.14. The molecule has 1 aromatic carbocycles. The van der Waals surface area contributed by atoms with E-state index in [4.69, 9.17) is 20.5 Å². The maximum Gasteiger partial charge on any atom is 0.258 e. The molecule has 0 unspecified atom stereocenters. The van der Waals surface area contributed by atoms with Crippen LogP contribution in [0.3, 0.4) is 0 Å². The molecule has 0 aliphatic heterocycles. The molecule has 5 heteroatoms. The van der Waals surface area contributed by atoms with E-state index in [0.29, 0.717) is 22.5 Å². The standard InChI is InChI=1S/C13H9ClN2O2/c1-8-7-9(14)4-5-10(8)13-15-12(16-18-13)11-3-2-6-17-11/h2-7H,1H3. The van der Waals surface area contributed by atoms with Crippen LogP contribution in [0, 0.1) is 6.92 Å². The van der Waals surface area contributed by atoms with Crippen LogP contribution in [0.25, 0.3) is 23.0 Å². The monoisotopic (exact) mass is 260 g/mol. The molecule has 0 saturated carbocycles. The molecule has 0 aliphatic carbocycles. The second-order valence-corrected chi connectivity index (χ2v) is 4.30. The molecule has 0 bridgehead atoms. The van der Waals surface area contributed by atoms with E-state index in [2.05, 4.69) is 10.1 Å². The van der Waals surface area contributed by atoms with E-state index in [1.54, 1.807) is 24.5 Å². The number of rotatable bonds is 2. The first-order valence-corrected chi connectivity index (χ1v) is 5.76. The Morgan fingerprint density at radius 2 is 2.11 bits per heavy atom. The van der Waals surface area contributed by atoms with Gasteiger partial charge < -0.3 is 8.94 Å². The van der Waals surface area contributed by atoms with E-state index >= 15 is 0 Å². The molecular formula is C13H9ClN2O2. The Labute approximate surface area is 108 Å². The van der Waals surface area contributed by atoms with E-state index in [9.17, 15) is 0 Å². The fourth-order valence-electron chi connectivity index (χ4n) is 1.71. The minimum Gasteiger partial charge on any atom is -0.461 e. The molecule has 0 N–H and O–H groups in total. The maximum atomic E-state index is 5.91. The number of hydrogen-bond acceptors (Lipinski definition) is 4. The molecule has 0 amide bonds. The van der Waals surface area contributed by atoms with Gasteiger partial charge in [0, 0.05) is 10.6 Å². The quantitative estimate of drug-likeness (QED) is 0.700. The van der Waals surface area contributed by atoms with Crippen molar-refractivity contribution in [1.82, 2.24) is 10.1 Å². The van der Waals surface area contributed by atoms with Crippen molar-refractivity contribution in [1.29, 1.82) is 0 Å². The highest BCUT2D eigenvalue weighted by Crippen LogP contribution is 2.26. The SMILES string of the molecule is Cc1cc(Cl)ccc1-c1nc(-c2ccco2)no1. The molecule has 0 aliphatic rings. The molecule has 2 aromatic heterocycles. The van der Waals surface area contributed by atoms with E-state index in [-0.39, 0.29) is 0 Å². The third-order valence-electron chi connectivity index (χ3n) is 2.59. The van der Waals surface area contributed by atoms with Gasteiger partial charge in [-0.3, -0.25) is 0 Å². The van der Waals surface area contributed by atoms with Crippen molar-refractivity contribution >= 4 is 11.6 Å². The number of nitrogens with zero attached hydrogens (tertiary/aromatic N) is 2. The van der Waals surface area contributed by atoms with Crippen molar-refractivity contribution in [3.63, 3.8) is 0 Å². The van der Waals surface area contributed by atoms with E-state index in [0.717, 1.165) is 11.1 Å². The molecule has 0 saturated heterocycles. The molecule has 0 spiro atoms. The van der Waals surface area contributed by atoms with Gasteiger partial charge in [0.05, 0.1) is 6.26 Å². The Balaban J connectivity index is 2.03. The number of hydrogen-bond donors (Lipinski definition) is 0. The lowest BCUT2D eigenvalue weighted by atomic mass is 10.1. The van der Waals surface area contributed by atoms with Crippen molar-refractivity contribution in [2.45, 2.75) is 6.92 Å². The summed E-state index contributed by atoms with van der Waals surface area (Å²) >= 11 is 5.91. The van der Waals surface area contributed by atoms with Crippen molar-refractivity contribution < 1.29 is 8.94 Å². The van der Waals surface area contributed by atoms with Crippen LogP contribution in [-0.4, -0.2) is 10.1 Å². The molecule has 0 atom stereocenters. The Morgan fingerprint density at radius 1 is 1.22 bits per heavy atom. The molecule has 2 heterocycles. The molecule has 4 nitrogen and oxygen atoms in total. The predicted molar refractivity (Wildman–Crippen MR) is 67.2 cm³/mol. The van der Waals surface area contributed by atoms with Gasteiger partial charge in [-0.15, -0.1) is 0 Å². The predicted octanol–water partition coefficient (Wildman–Crippen LogP) is 3.96. The van der Waals surface area contributed by atoms with Gasteiger partial charge in [0.25, 0.3) is 5.89 Å². The zero-order valence-electron chi connectivity index (χ0n) is 9.55. The van der Waals surface area contributed by atoms with Crippen LogP contribution in [0.1, 0.15) is 5.56 Å². The van der Waals surface area contributed by atoms with E-state index in [1.165, 1.54) is 0 Å². The average molecular weight is 261 g/mol. The molecular weight excluding hydrogens is 252 g/mol. The third-order valence-corrected chi connectivity index (χ3v) is 2.82. The van der Waals surface area contributed by atoms with Crippen LogP contribution in [0.15, 0.2) is 45.5 Å². The zero-order chi connectivity index (χ0) is 12.5. The Kier molecular flexibility index (Phi) is 2.64. The second-order valence-electron chi connectivity index (χ2n) is 3.86. The minimum absolute atomic E-state index is 0.435. The van der Waals surface area contributed by atoms with Crippen LogP contribution in [0.2, 0.25) is 5.02 Å². The fourth-order valence-corrected chi connectivity index (χ4v) is 1.93. The van der Waals surface area contributed by atoms with Gasteiger partial charge in [-0.1, -0.05) is 16.8 Å². The van der Waals surface area contributed by atoms with Gasteiger partial charge in [0.2, 0.25) is 5.82 Å². The van der Waals surface area contributed by atoms with Gasteiger partial charge in [0.1, 0.15) is 0 Å². The first kappa shape index (κ1) is 11.0. The lowest BCUT2D eigenvalue weighted by Gasteiger charge is -1.99. The first-order chi connectivity index (χ1) is 8.74. The summed E-state index contributed by atoms with van der Waals surface area (Å²) in [5, 5.41) is 4.57. The lowest BCUT2D eigenvalue weighted by Crippen LogP contribution is -1.83. The van der Waals surface area contributed by atoms with Crippen LogP contribution in [-0.2, 0) is 0 Å². The van der Waals surface area contributed by atoms with Gasteiger partial charge in [0.15, 0.2) is 5.76 Å².